The van der Waals surface area contributed by atoms with E-state index in [2.05, 4.69) is 28.8 Å². The van der Waals surface area contributed by atoms with Crippen LogP contribution in [0.4, 0.5) is 4.79 Å². The van der Waals surface area contributed by atoms with E-state index in [4.69, 9.17) is 10.00 Å². The number of amides is 2. The Labute approximate surface area is 147 Å². The summed E-state index contributed by atoms with van der Waals surface area (Å²) in [5.41, 5.74) is 2.64. The molecular formula is C20H21N3O2. The van der Waals surface area contributed by atoms with Crippen LogP contribution in [-0.4, -0.2) is 18.7 Å². The van der Waals surface area contributed by atoms with E-state index in [1.807, 2.05) is 30.3 Å². The number of benzene rings is 2. The summed E-state index contributed by atoms with van der Waals surface area (Å²) in [6, 6.07) is 19.3. The molecule has 2 aromatic rings. The number of nitriles is 1. The Morgan fingerprint density at radius 2 is 2.04 bits per heavy atom. The summed E-state index contributed by atoms with van der Waals surface area (Å²) >= 11 is 0. The number of hydrogen-bond donors (Lipinski definition) is 2. The molecule has 2 aromatic carbocycles. The number of nitrogens with one attached hydrogen (secondary N) is 2. The third kappa shape index (κ3) is 4.82. The summed E-state index contributed by atoms with van der Waals surface area (Å²) in [5, 5.41) is 14.8. The van der Waals surface area contributed by atoms with Gasteiger partial charge in [0.2, 0.25) is 0 Å². The summed E-state index contributed by atoms with van der Waals surface area (Å²) in [6.07, 6.45) is 1.59. The molecule has 3 rings (SSSR count). The van der Waals surface area contributed by atoms with E-state index >= 15 is 0 Å². The maximum atomic E-state index is 12.2. The molecular weight excluding hydrogens is 314 g/mol. The maximum Gasteiger partial charge on any atom is 0.315 e. The topological polar surface area (TPSA) is 74.2 Å². The van der Waals surface area contributed by atoms with Gasteiger partial charge in [0.1, 0.15) is 0 Å². The van der Waals surface area contributed by atoms with Gasteiger partial charge in [0.15, 0.2) is 0 Å². The molecule has 1 aliphatic rings. The molecule has 1 saturated heterocycles. The Morgan fingerprint density at radius 3 is 2.84 bits per heavy atom. The lowest BCUT2D eigenvalue weighted by molar-refractivity contribution is 0.00225. The molecule has 1 aliphatic heterocycles. The third-order valence-electron chi connectivity index (χ3n) is 4.30. The Morgan fingerprint density at radius 1 is 1.20 bits per heavy atom. The first kappa shape index (κ1) is 17.0. The Hall–Kier alpha value is -2.84. The van der Waals surface area contributed by atoms with Gasteiger partial charge in [-0.15, -0.1) is 0 Å². The lowest BCUT2D eigenvalue weighted by atomic mass is 9.97. The third-order valence-corrected chi connectivity index (χ3v) is 4.30. The molecule has 25 heavy (non-hydrogen) atoms. The lowest BCUT2D eigenvalue weighted by Gasteiger charge is -2.30. The second-order valence-electron chi connectivity index (χ2n) is 6.13. The molecule has 0 spiro atoms. The van der Waals surface area contributed by atoms with Crippen LogP contribution in [0.2, 0.25) is 0 Å². The molecule has 2 atom stereocenters. The molecule has 5 heteroatoms. The van der Waals surface area contributed by atoms with Crippen LogP contribution in [0.5, 0.6) is 0 Å². The van der Waals surface area contributed by atoms with Gasteiger partial charge in [0.25, 0.3) is 0 Å². The average molecular weight is 335 g/mol. The molecule has 0 aromatic heterocycles. The SMILES string of the molecule is N#Cc1cccc(CNC(=O)NC2CCOC(c3ccccc3)C2)c1. The number of carbonyl (C=O) groups excluding carboxylic acids is 1. The van der Waals surface area contributed by atoms with E-state index in [9.17, 15) is 4.79 Å². The highest BCUT2D eigenvalue weighted by atomic mass is 16.5. The normalized spacial score (nSPS) is 19.6. The molecule has 1 fully saturated rings. The van der Waals surface area contributed by atoms with Crippen molar-refractivity contribution < 1.29 is 9.53 Å². The van der Waals surface area contributed by atoms with Gasteiger partial charge in [-0.2, -0.15) is 5.26 Å². The fourth-order valence-electron chi connectivity index (χ4n) is 3.00. The predicted molar refractivity (Wildman–Crippen MR) is 94.7 cm³/mol. The minimum Gasteiger partial charge on any atom is -0.373 e. The highest BCUT2D eigenvalue weighted by molar-refractivity contribution is 5.74. The number of carbonyl (C=O) groups is 1. The van der Waals surface area contributed by atoms with Gasteiger partial charge in [-0.3, -0.25) is 0 Å². The van der Waals surface area contributed by atoms with E-state index in [0.29, 0.717) is 18.7 Å². The van der Waals surface area contributed by atoms with Crippen LogP contribution in [0.1, 0.15) is 35.6 Å². The largest absolute Gasteiger partial charge is 0.373 e. The summed E-state index contributed by atoms with van der Waals surface area (Å²) in [6.45, 7) is 1.03. The van der Waals surface area contributed by atoms with Crippen molar-refractivity contribution in [2.45, 2.75) is 31.5 Å². The van der Waals surface area contributed by atoms with Gasteiger partial charge in [-0.1, -0.05) is 42.5 Å². The van der Waals surface area contributed by atoms with Crippen molar-refractivity contribution in [2.24, 2.45) is 0 Å². The lowest BCUT2D eigenvalue weighted by Crippen LogP contribution is -2.44. The Balaban J connectivity index is 1.50. The van der Waals surface area contributed by atoms with Crippen LogP contribution in [0, 0.1) is 11.3 Å². The average Bonchev–Trinajstić information content (AvgIpc) is 2.67. The van der Waals surface area contributed by atoms with Crippen molar-refractivity contribution in [3.8, 4) is 6.07 Å². The summed E-state index contributed by atoms with van der Waals surface area (Å²) in [4.78, 5) is 12.2. The highest BCUT2D eigenvalue weighted by Crippen LogP contribution is 2.27. The summed E-state index contributed by atoms with van der Waals surface area (Å²) in [7, 11) is 0. The van der Waals surface area contributed by atoms with Gasteiger partial charge in [0, 0.05) is 19.2 Å². The van der Waals surface area contributed by atoms with E-state index in [0.717, 1.165) is 24.0 Å². The van der Waals surface area contributed by atoms with Crippen molar-refractivity contribution in [2.75, 3.05) is 6.61 Å². The highest BCUT2D eigenvalue weighted by Gasteiger charge is 2.24. The maximum absolute atomic E-state index is 12.2. The zero-order valence-electron chi connectivity index (χ0n) is 13.9. The van der Waals surface area contributed by atoms with E-state index in [-0.39, 0.29) is 18.2 Å². The van der Waals surface area contributed by atoms with Crippen LogP contribution >= 0.6 is 0 Å². The first-order valence-corrected chi connectivity index (χ1v) is 8.44. The molecule has 0 aliphatic carbocycles. The molecule has 2 N–H and O–H groups in total. The molecule has 2 amide bonds. The van der Waals surface area contributed by atoms with Gasteiger partial charge in [-0.05, 0) is 36.1 Å². The molecule has 0 bridgehead atoms. The molecule has 5 nitrogen and oxygen atoms in total. The number of rotatable bonds is 4. The standard InChI is InChI=1S/C20H21N3O2/c21-13-15-5-4-6-16(11-15)14-22-20(24)23-18-9-10-25-19(12-18)17-7-2-1-3-8-17/h1-8,11,18-19H,9-10,12,14H2,(H2,22,23,24). The van der Waals surface area contributed by atoms with Crippen molar-refractivity contribution in [1.82, 2.24) is 10.6 Å². The minimum absolute atomic E-state index is 0.0209. The summed E-state index contributed by atoms with van der Waals surface area (Å²) < 4.78 is 5.83. The fraction of sp³-hybridized carbons (Fsp3) is 0.300. The van der Waals surface area contributed by atoms with E-state index in [1.165, 1.54) is 0 Å². The zero-order valence-corrected chi connectivity index (χ0v) is 13.9. The number of nitrogens with zero attached hydrogens (tertiary/aromatic N) is 1. The monoisotopic (exact) mass is 335 g/mol. The molecule has 0 radical (unpaired) electrons. The second kappa shape index (κ2) is 8.32. The van der Waals surface area contributed by atoms with E-state index < -0.39 is 0 Å². The molecule has 0 saturated carbocycles. The molecule has 2 unspecified atom stereocenters. The Kier molecular flexibility index (Phi) is 5.65. The zero-order chi connectivity index (χ0) is 17.5. The molecule has 1 heterocycles. The first-order chi connectivity index (χ1) is 12.2. The number of urea groups is 1. The van der Waals surface area contributed by atoms with Crippen LogP contribution in [-0.2, 0) is 11.3 Å². The van der Waals surface area contributed by atoms with Gasteiger partial charge < -0.3 is 15.4 Å². The van der Waals surface area contributed by atoms with Crippen LogP contribution in [0.25, 0.3) is 0 Å². The number of ether oxygens (including phenoxy) is 1. The van der Waals surface area contributed by atoms with Crippen LogP contribution in [0.15, 0.2) is 54.6 Å². The van der Waals surface area contributed by atoms with Crippen molar-refractivity contribution in [3.05, 3.63) is 71.3 Å². The first-order valence-electron chi connectivity index (χ1n) is 8.44. The minimum atomic E-state index is -0.193. The van der Waals surface area contributed by atoms with Gasteiger partial charge in [-0.25, -0.2) is 4.79 Å². The van der Waals surface area contributed by atoms with E-state index in [1.54, 1.807) is 12.1 Å². The summed E-state index contributed by atoms with van der Waals surface area (Å²) in [5.74, 6) is 0. The smallest absolute Gasteiger partial charge is 0.315 e. The van der Waals surface area contributed by atoms with Gasteiger partial charge >= 0.3 is 6.03 Å². The predicted octanol–water partition coefficient (Wildman–Crippen LogP) is 3.28. The van der Waals surface area contributed by atoms with Crippen molar-refractivity contribution in [3.63, 3.8) is 0 Å². The second-order valence-corrected chi connectivity index (χ2v) is 6.13. The van der Waals surface area contributed by atoms with Crippen LogP contribution in [0.3, 0.4) is 0 Å². The fourth-order valence-corrected chi connectivity index (χ4v) is 3.00. The van der Waals surface area contributed by atoms with Crippen molar-refractivity contribution >= 4 is 6.03 Å². The van der Waals surface area contributed by atoms with Gasteiger partial charge in [0.05, 0.1) is 17.7 Å². The molecule has 128 valence electrons. The Bertz CT molecular complexity index is 755. The van der Waals surface area contributed by atoms with Crippen LogP contribution < -0.4 is 10.6 Å². The number of hydrogen-bond acceptors (Lipinski definition) is 3. The quantitative estimate of drug-likeness (QED) is 0.900. The van der Waals surface area contributed by atoms with Crippen molar-refractivity contribution in [1.29, 1.82) is 5.26 Å².